The van der Waals surface area contributed by atoms with E-state index in [0.29, 0.717) is 17.9 Å². The third-order valence-electron chi connectivity index (χ3n) is 4.32. The van der Waals surface area contributed by atoms with Gasteiger partial charge in [0.25, 0.3) is 0 Å². The number of aryl methyl sites for hydroxylation is 1. The van der Waals surface area contributed by atoms with E-state index in [1.54, 1.807) is 6.07 Å². The smallest absolute Gasteiger partial charge is 0.223 e. The highest BCUT2D eigenvalue weighted by molar-refractivity contribution is 6.30. The maximum Gasteiger partial charge on any atom is 0.223 e. The number of halogens is 2. The Labute approximate surface area is 140 Å². The number of hydrogen-bond acceptors (Lipinski definition) is 1. The second kappa shape index (κ2) is 7.14. The first-order valence-corrected chi connectivity index (χ1v) is 8.30. The van der Waals surface area contributed by atoms with Gasteiger partial charge in [-0.05, 0) is 54.7 Å². The van der Waals surface area contributed by atoms with Gasteiger partial charge in [-0.3, -0.25) is 4.79 Å². The average Bonchev–Trinajstić information content (AvgIpc) is 3.02. The molecule has 2 nitrogen and oxygen atoms in total. The molecule has 0 aromatic heterocycles. The highest BCUT2D eigenvalue weighted by atomic mass is 35.5. The Balaban J connectivity index is 1.66. The summed E-state index contributed by atoms with van der Waals surface area (Å²) in [6.45, 7) is 0.746. The van der Waals surface area contributed by atoms with Gasteiger partial charge in [-0.15, -0.1) is 0 Å². The fourth-order valence-corrected chi connectivity index (χ4v) is 3.43. The molecule has 0 bridgehead atoms. The van der Waals surface area contributed by atoms with E-state index in [9.17, 15) is 9.18 Å². The van der Waals surface area contributed by atoms with Crippen LogP contribution in [0.2, 0.25) is 5.02 Å². The van der Waals surface area contributed by atoms with Crippen molar-refractivity contribution in [2.24, 2.45) is 0 Å². The molecule has 0 N–H and O–H groups in total. The molecule has 1 amide bonds. The Kier molecular flexibility index (Phi) is 4.97. The zero-order chi connectivity index (χ0) is 16.2. The van der Waals surface area contributed by atoms with Crippen molar-refractivity contribution in [1.82, 2.24) is 4.90 Å². The fraction of sp³-hybridized carbons (Fsp3) is 0.316. The van der Waals surface area contributed by atoms with Crippen molar-refractivity contribution in [2.45, 2.75) is 31.7 Å². The zero-order valence-corrected chi connectivity index (χ0v) is 13.6. The number of hydrogen-bond donors (Lipinski definition) is 0. The molecule has 1 aliphatic rings. The fourth-order valence-electron chi connectivity index (χ4n) is 3.21. The van der Waals surface area contributed by atoms with Crippen molar-refractivity contribution in [1.29, 1.82) is 0 Å². The van der Waals surface area contributed by atoms with Crippen molar-refractivity contribution in [3.05, 3.63) is 70.5 Å². The number of benzene rings is 2. The van der Waals surface area contributed by atoms with Gasteiger partial charge < -0.3 is 4.90 Å². The largest absolute Gasteiger partial charge is 0.336 e. The monoisotopic (exact) mass is 331 g/mol. The quantitative estimate of drug-likeness (QED) is 0.789. The van der Waals surface area contributed by atoms with Crippen molar-refractivity contribution in [3.63, 3.8) is 0 Å². The summed E-state index contributed by atoms with van der Waals surface area (Å²) in [5.74, 6) is -0.127. The van der Waals surface area contributed by atoms with Gasteiger partial charge >= 0.3 is 0 Å². The second-order valence-corrected chi connectivity index (χ2v) is 6.37. The first kappa shape index (κ1) is 16.0. The summed E-state index contributed by atoms with van der Waals surface area (Å²) < 4.78 is 13.4. The first-order chi connectivity index (χ1) is 11.1. The van der Waals surface area contributed by atoms with E-state index >= 15 is 0 Å². The van der Waals surface area contributed by atoms with Crippen LogP contribution < -0.4 is 0 Å². The summed E-state index contributed by atoms with van der Waals surface area (Å²) in [7, 11) is 0. The lowest BCUT2D eigenvalue weighted by Gasteiger charge is -2.25. The minimum atomic E-state index is -0.249. The van der Waals surface area contributed by atoms with E-state index in [4.69, 9.17) is 11.6 Å². The van der Waals surface area contributed by atoms with Crippen LogP contribution in [0.4, 0.5) is 4.39 Å². The molecule has 1 aliphatic heterocycles. The third kappa shape index (κ3) is 3.91. The number of carbonyl (C=O) groups excluding carboxylic acids is 1. The molecule has 4 heteroatoms. The molecule has 1 saturated heterocycles. The molecule has 3 rings (SSSR count). The summed E-state index contributed by atoms with van der Waals surface area (Å²) in [6, 6.07) is 14.2. The van der Waals surface area contributed by atoms with Crippen LogP contribution in [-0.4, -0.2) is 17.4 Å². The van der Waals surface area contributed by atoms with Gasteiger partial charge in [0.1, 0.15) is 5.82 Å². The Morgan fingerprint density at radius 2 is 2.04 bits per heavy atom. The molecule has 1 atom stereocenters. The molecule has 2 aromatic rings. The molecule has 1 heterocycles. The van der Waals surface area contributed by atoms with Gasteiger partial charge in [-0.1, -0.05) is 35.9 Å². The van der Waals surface area contributed by atoms with Gasteiger partial charge in [0.15, 0.2) is 0 Å². The van der Waals surface area contributed by atoms with Crippen LogP contribution in [0, 0.1) is 5.82 Å². The SMILES string of the molecule is O=C(CCc1cccc(Cl)c1)N1CCCC1c1cccc(F)c1. The second-order valence-electron chi connectivity index (χ2n) is 5.93. The van der Waals surface area contributed by atoms with Gasteiger partial charge in [-0.25, -0.2) is 4.39 Å². The molecule has 0 radical (unpaired) electrons. The normalized spacial score (nSPS) is 17.5. The van der Waals surface area contributed by atoms with Crippen molar-refractivity contribution >= 4 is 17.5 Å². The minimum Gasteiger partial charge on any atom is -0.336 e. The number of amides is 1. The van der Waals surface area contributed by atoms with Crippen LogP contribution in [-0.2, 0) is 11.2 Å². The van der Waals surface area contributed by atoms with E-state index < -0.39 is 0 Å². The molecule has 0 aliphatic carbocycles. The van der Waals surface area contributed by atoms with E-state index in [2.05, 4.69) is 0 Å². The van der Waals surface area contributed by atoms with Crippen LogP contribution in [0.3, 0.4) is 0 Å². The van der Waals surface area contributed by atoms with Gasteiger partial charge in [0, 0.05) is 18.0 Å². The first-order valence-electron chi connectivity index (χ1n) is 7.93. The Hall–Kier alpha value is -1.87. The topological polar surface area (TPSA) is 20.3 Å². The minimum absolute atomic E-state index is 0.00226. The number of carbonyl (C=O) groups is 1. The summed E-state index contributed by atoms with van der Waals surface area (Å²) in [5.41, 5.74) is 1.95. The van der Waals surface area contributed by atoms with Gasteiger partial charge in [0.05, 0.1) is 6.04 Å². The average molecular weight is 332 g/mol. The molecule has 120 valence electrons. The highest BCUT2D eigenvalue weighted by Crippen LogP contribution is 2.32. The van der Waals surface area contributed by atoms with Crippen molar-refractivity contribution in [2.75, 3.05) is 6.54 Å². The molecule has 1 unspecified atom stereocenters. The summed E-state index contributed by atoms with van der Waals surface area (Å²) in [4.78, 5) is 14.5. The molecule has 0 saturated carbocycles. The molecule has 1 fully saturated rings. The van der Waals surface area contributed by atoms with E-state index in [-0.39, 0.29) is 17.8 Å². The predicted molar refractivity (Wildman–Crippen MR) is 89.9 cm³/mol. The number of rotatable bonds is 4. The summed E-state index contributed by atoms with van der Waals surface area (Å²) >= 11 is 5.97. The van der Waals surface area contributed by atoms with Crippen LogP contribution in [0.25, 0.3) is 0 Å². The number of likely N-dealkylation sites (tertiary alicyclic amines) is 1. The van der Waals surface area contributed by atoms with Crippen LogP contribution in [0.15, 0.2) is 48.5 Å². The Morgan fingerprint density at radius 3 is 2.83 bits per heavy atom. The van der Waals surface area contributed by atoms with E-state index in [0.717, 1.165) is 30.5 Å². The lowest BCUT2D eigenvalue weighted by atomic mass is 10.0. The summed E-state index contributed by atoms with van der Waals surface area (Å²) in [6.07, 6.45) is 2.98. The lowest BCUT2D eigenvalue weighted by Crippen LogP contribution is -2.30. The van der Waals surface area contributed by atoms with Gasteiger partial charge in [0.2, 0.25) is 5.91 Å². The lowest BCUT2D eigenvalue weighted by molar-refractivity contribution is -0.132. The highest BCUT2D eigenvalue weighted by Gasteiger charge is 2.29. The van der Waals surface area contributed by atoms with Crippen LogP contribution >= 0.6 is 11.6 Å². The zero-order valence-electron chi connectivity index (χ0n) is 12.8. The summed E-state index contributed by atoms with van der Waals surface area (Å²) in [5, 5.41) is 0.689. The Morgan fingerprint density at radius 1 is 1.22 bits per heavy atom. The standard InChI is InChI=1S/C19H19ClFNO/c20-16-6-1-4-14(12-16)9-10-19(23)22-11-3-8-18(22)15-5-2-7-17(21)13-15/h1-2,4-7,12-13,18H,3,8-11H2. The Bertz CT molecular complexity index is 703. The maximum absolute atomic E-state index is 13.4. The molecular formula is C19H19ClFNO. The van der Waals surface area contributed by atoms with Crippen molar-refractivity contribution in [3.8, 4) is 0 Å². The van der Waals surface area contributed by atoms with Crippen molar-refractivity contribution < 1.29 is 9.18 Å². The maximum atomic E-state index is 13.4. The molecule has 23 heavy (non-hydrogen) atoms. The predicted octanol–water partition coefficient (Wildman–Crippen LogP) is 4.78. The van der Waals surface area contributed by atoms with Crippen LogP contribution in [0.5, 0.6) is 0 Å². The van der Waals surface area contributed by atoms with E-state index in [1.165, 1.54) is 12.1 Å². The molecular weight excluding hydrogens is 313 g/mol. The molecule has 0 spiro atoms. The third-order valence-corrected chi connectivity index (χ3v) is 4.56. The van der Waals surface area contributed by atoms with Gasteiger partial charge in [-0.2, -0.15) is 0 Å². The van der Waals surface area contributed by atoms with Crippen LogP contribution in [0.1, 0.15) is 36.4 Å². The number of nitrogens with zero attached hydrogens (tertiary/aromatic N) is 1. The van der Waals surface area contributed by atoms with E-state index in [1.807, 2.05) is 35.2 Å². The molecule has 2 aromatic carbocycles.